The molecule has 2 aromatic rings. The predicted octanol–water partition coefficient (Wildman–Crippen LogP) is 5.38. The minimum atomic E-state index is -0.308. The summed E-state index contributed by atoms with van der Waals surface area (Å²) in [6.45, 7) is 1.98. The van der Waals surface area contributed by atoms with E-state index in [1.807, 2.05) is 25.1 Å². The van der Waals surface area contributed by atoms with Crippen molar-refractivity contribution in [2.24, 2.45) is 5.92 Å². The van der Waals surface area contributed by atoms with Crippen LogP contribution in [0.5, 0.6) is 5.75 Å². The number of benzene rings is 2. The second kappa shape index (κ2) is 7.04. The SMILES string of the molecule is COC(=O)c1ccc2c(c1C)N[C@H](c1cc(Br)ccc1OC)[C@@H]1CC=C[C@H]21. The number of fused-ring (bicyclic) bond motifs is 3. The molecular formula is C22H22BrNO3. The van der Waals surface area contributed by atoms with Gasteiger partial charge in [-0.25, -0.2) is 4.79 Å². The molecule has 5 heteroatoms. The maximum absolute atomic E-state index is 12.2. The van der Waals surface area contributed by atoms with E-state index in [1.165, 1.54) is 12.7 Å². The van der Waals surface area contributed by atoms with Crippen LogP contribution in [-0.4, -0.2) is 20.2 Å². The number of halogens is 1. The first-order valence-electron chi connectivity index (χ1n) is 9.03. The number of carbonyl (C=O) groups is 1. The van der Waals surface area contributed by atoms with Crippen LogP contribution in [0.1, 0.15) is 45.4 Å². The number of hydrogen-bond donors (Lipinski definition) is 1. The normalized spacial score (nSPS) is 22.6. The average Bonchev–Trinajstić information content (AvgIpc) is 3.17. The van der Waals surface area contributed by atoms with E-state index in [1.54, 1.807) is 7.11 Å². The lowest BCUT2D eigenvalue weighted by Crippen LogP contribution is -2.30. The van der Waals surface area contributed by atoms with Crippen LogP contribution >= 0.6 is 15.9 Å². The molecule has 4 rings (SSSR count). The Kier molecular flexibility index (Phi) is 4.72. The van der Waals surface area contributed by atoms with Gasteiger partial charge in [0, 0.05) is 21.6 Å². The summed E-state index contributed by atoms with van der Waals surface area (Å²) in [5.74, 6) is 1.29. The van der Waals surface area contributed by atoms with Gasteiger partial charge in [-0.15, -0.1) is 0 Å². The molecule has 0 aromatic heterocycles. The summed E-state index contributed by atoms with van der Waals surface area (Å²) in [4.78, 5) is 12.2. The second-order valence-electron chi connectivity index (χ2n) is 7.06. The van der Waals surface area contributed by atoms with Crippen molar-refractivity contribution in [1.29, 1.82) is 0 Å². The molecule has 3 atom stereocenters. The van der Waals surface area contributed by atoms with E-state index in [9.17, 15) is 4.79 Å². The van der Waals surface area contributed by atoms with Crippen molar-refractivity contribution in [3.8, 4) is 5.75 Å². The van der Waals surface area contributed by atoms with E-state index in [-0.39, 0.29) is 12.0 Å². The van der Waals surface area contributed by atoms with Crippen LogP contribution in [0, 0.1) is 12.8 Å². The first kappa shape index (κ1) is 18.1. The van der Waals surface area contributed by atoms with Crippen LogP contribution in [0.3, 0.4) is 0 Å². The van der Waals surface area contributed by atoms with Crippen LogP contribution in [0.2, 0.25) is 0 Å². The van der Waals surface area contributed by atoms with Crippen molar-refractivity contribution in [1.82, 2.24) is 0 Å². The van der Waals surface area contributed by atoms with Crippen molar-refractivity contribution in [2.75, 3.05) is 19.5 Å². The first-order chi connectivity index (χ1) is 13.0. The Hall–Kier alpha value is -2.27. The third-order valence-corrected chi connectivity index (χ3v) is 6.22. The maximum atomic E-state index is 12.2. The second-order valence-corrected chi connectivity index (χ2v) is 7.97. The van der Waals surface area contributed by atoms with Gasteiger partial charge in [0.15, 0.2) is 0 Å². The third-order valence-electron chi connectivity index (χ3n) is 5.73. The number of esters is 1. The van der Waals surface area contributed by atoms with E-state index in [0.29, 0.717) is 17.4 Å². The number of allylic oxidation sites excluding steroid dienone is 2. The molecule has 1 aliphatic heterocycles. The van der Waals surface area contributed by atoms with E-state index >= 15 is 0 Å². The fraction of sp³-hybridized carbons (Fsp3) is 0.318. The fourth-order valence-electron chi connectivity index (χ4n) is 4.40. The van der Waals surface area contributed by atoms with Gasteiger partial charge in [-0.05, 0) is 54.7 Å². The molecule has 2 aliphatic rings. The minimum absolute atomic E-state index is 0.0940. The fourth-order valence-corrected chi connectivity index (χ4v) is 4.78. The van der Waals surface area contributed by atoms with Crippen LogP contribution in [-0.2, 0) is 4.74 Å². The summed E-state index contributed by atoms with van der Waals surface area (Å²) in [5.41, 5.74) is 4.92. The van der Waals surface area contributed by atoms with Crippen LogP contribution in [0.4, 0.5) is 5.69 Å². The van der Waals surface area contributed by atoms with Gasteiger partial charge in [0.25, 0.3) is 0 Å². The van der Waals surface area contributed by atoms with Gasteiger partial charge in [-0.3, -0.25) is 0 Å². The lowest BCUT2D eigenvalue weighted by molar-refractivity contribution is 0.0600. The van der Waals surface area contributed by atoms with Crippen LogP contribution in [0.15, 0.2) is 47.0 Å². The largest absolute Gasteiger partial charge is 0.496 e. The molecule has 1 N–H and O–H groups in total. The summed E-state index contributed by atoms with van der Waals surface area (Å²) in [6, 6.07) is 10.1. The monoisotopic (exact) mass is 427 g/mol. The maximum Gasteiger partial charge on any atom is 0.338 e. The highest BCUT2D eigenvalue weighted by Gasteiger charge is 2.40. The van der Waals surface area contributed by atoms with Crippen molar-refractivity contribution >= 4 is 27.6 Å². The zero-order valence-corrected chi connectivity index (χ0v) is 17.2. The number of rotatable bonds is 3. The van der Waals surface area contributed by atoms with Gasteiger partial charge in [0.1, 0.15) is 5.75 Å². The summed E-state index contributed by atoms with van der Waals surface area (Å²) in [6.07, 6.45) is 5.56. The zero-order valence-electron chi connectivity index (χ0n) is 15.6. The van der Waals surface area contributed by atoms with Crippen LogP contribution < -0.4 is 10.1 Å². The number of hydrogen-bond acceptors (Lipinski definition) is 4. The lowest BCUT2D eigenvalue weighted by Gasteiger charge is -2.39. The molecule has 140 valence electrons. The topological polar surface area (TPSA) is 47.6 Å². The quantitative estimate of drug-likeness (QED) is 0.527. The molecule has 27 heavy (non-hydrogen) atoms. The number of nitrogens with one attached hydrogen (secondary N) is 1. The molecule has 0 radical (unpaired) electrons. The number of carbonyl (C=O) groups excluding carboxylic acids is 1. The molecule has 0 spiro atoms. The molecule has 0 amide bonds. The smallest absolute Gasteiger partial charge is 0.338 e. The standard InChI is InChI=1S/C22H22BrNO3/c1-12-14(22(25)27-3)8-9-17-15-5-4-6-16(15)21(24-20(12)17)18-11-13(23)7-10-19(18)26-2/h4-5,7-11,15-16,21,24H,6H2,1-3H3/t15-,16+,21-/m0/s1. The van der Waals surface area contributed by atoms with E-state index in [0.717, 1.165) is 33.5 Å². The van der Waals surface area contributed by atoms with Crippen molar-refractivity contribution in [3.63, 3.8) is 0 Å². The number of anilines is 1. The zero-order chi connectivity index (χ0) is 19.1. The average molecular weight is 428 g/mol. The molecular weight excluding hydrogens is 406 g/mol. The summed E-state index contributed by atoms with van der Waals surface area (Å²) in [7, 11) is 3.12. The Morgan fingerprint density at radius 3 is 2.74 bits per heavy atom. The Bertz CT molecular complexity index is 937. The predicted molar refractivity (Wildman–Crippen MR) is 110 cm³/mol. The Labute approximate surface area is 167 Å². The van der Waals surface area contributed by atoms with E-state index in [4.69, 9.17) is 9.47 Å². The Morgan fingerprint density at radius 2 is 2.00 bits per heavy atom. The van der Waals surface area contributed by atoms with Gasteiger partial charge >= 0.3 is 5.97 Å². The summed E-state index contributed by atoms with van der Waals surface area (Å²) < 4.78 is 11.6. The minimum Gasteiger partial charge on any atom is -0.496 e. The summed E-state index contributed by atoms with van der Waals surface area (Å²) in [5, 5.41) is 3.73. The molecule has 0 unspecified atom stereocenters. The Balaban J connectivity index is 1.85. The number of ether oxygens (including phenoxy) is 2. The highest BCUT2D eigenvalue weighted by molar-refractivity contribution is 9.10. The molecule has 0 fully saturated rings. The summed E-state index contributed by atoms with van der Waals surface area (Å²) >= 11 is 3.59. The highest BCUT2D eigenvalue weighted by atomic mass is 79.9. The first-order valence-corrected chi connectivity index (χ1v) is 9.83. The molecule has 0 saturated carbocycles. The molecule has 1 aliphatic carbocycles. The van der Waals surface area contributed by atoms with Gasteiger partial charge in [-0.2, -0.15) is 0 Å². The number of methoxy groups -OCH3 is 2. The van der Waals surface area contributed by atoms with Crippen LogP contribution in [0.25, 0.3) is 0 Å². The highest BCUT2D eigenvalue weighted by Crippen LogP contribution is 2.52. The Morgan fingerprint density at radius 1 is 1.19 bits per heavy atom. The van der Waals surface area contributed by atoms with Gasteiger partial charge in [-0.1, -0.05) is 34.1 Å². The van der Waals surface area contributed by atoms with Gasteiger partial charge < -0.3 is 14.8 Å². The van der Waals surface area contributed by atoms with E-state index in [2.05, 4.69) is 45.5 Å². The van der Waals surface area contributed by atoms with Gasteiger partial charge in [0.2, 0.25) is 0 Å². The molecule has 1 heterocycles. The molecule has 0 saturated heterocycles. The molecule has 2 aromatic carbocycles. The third kappa shape index (κ3) is 2.94. The van der Waals surface area contributed by atoms with Crippen molar-refractivity contribution in [2.45, 2.75) is 25.3 Å². The van der Waals surface area contributed by atoms with Crippen molar-refractivity contribution in [3.05, 3.63) is 69.2 Å². The van der Waals surface area contributed by atoms with Gasteiger partial charge in [0.05, 0.1) is 25.8 Å². The lowest BCUT2D eigenvalue weighted by atomic mass is 9.75. The molecule has 0 bridgehead atoms. The molecule has 4 nitrogen and oxygen atoms in total. The van der Waals surface area contributed by atoms with Crippen molar-refractivity contribution < 1.29 is 14.3 Å². The van der Waals surface area contributed by atoms with E-state index < -0.39 is 0 Å².